The average molecular weight is 277 g/mol. The van der Waals surface area contributed by atoms with Crippen molar-refractivity contribution in [3.63, 3.8) is 0 Å². The molecule has 3 heteroatoms. The quantitative estimate of drug-likeness (QED) is 0.576. The number of rotatable bonds is 4. The van der Waals surface area contributed by atoms with Crippen LogP contribution in [-0.2, 0) is 11.4 Å². The van der Waals surface area contributed by atoms with Crippen LogP contribution in [0.15, 0.2) is 71.9 Å². The molecule has 0 aromatic heterocycles. The highest BCUT2D eigenvalue weighted by molar-refractivity contribution is 6.02. The van der Waals surface area contributed by atoms with Gasteiger partial charge in [-0.1, -0.05) is 65.8 Å². The van der Waals surface area contributed by atoms with Crippen molar-refractivity contribution in [2.45, 2.75) is 6.61 Å². The van der Waals surface area contributed by atoms with E-state index in [2.05, 4.69) is 5.16 Å². The Labute approximate surface area is 123 Å². The molecule has 0 aliphatic heterocycles. The second-order valence-electron chi connectivity index (χ2n) is 4.71. The van der Waals surface area contributed by atoms with Gasteiger partial charge in [-0.05, 0) is 22.4 Å². The highest BCUT2D eigenvalue weighted by Crippen LogP contribution is 2.25. The zero-order valence-electron chi connectivity index (χ0n) is 11.4. The van der Waals surface area contributed by atoms with Gasteiger partial charge in [-0.15, -0.1) is 0 Å². The lowest BCUT2D eigenvalue weighted by Crippen LogP contribution is -1.89. The Morgan fingerprint density at radius 3 is 2.52 bits per heavy atom. The molecule has 3 aromatic rings. The fourth-order valence-electron chi connectivity index (χ4n) is 2.20. The molecule has 3 aromatic carbocycles. The van der Waals surface area contributed by atoms with Gasteiger partial charge in [0.2, 0.25) is 0 Å². The third-order valence-electron chi connectivity index (χ3n) is 3.28. The third-order valence-corrected chi connectivity index (χ3v) is 3.28. The molecule has 104 valence electrons. The van der Waals surface area contributed by atoms with Crippen molar-refractivity contribution in [1.82, 2.24) is 0 Å². The predicted octanol–water partition coefficient (Wildman–Crippen LogP) is 4.10. The van der Waals surface area contributed by atoms with Crippen LogP contribution in [0.2, 0.25) is 0 Å². The lowest BCUT2D eigenvalue weighted by atomic mass is 10.0. The van der Waals surface area contributed by atoms with Crippen LogP contribution in [0.5, 0.6) is 5.75 Å². The maximum Gasteiger partial charge on any atom is 0.142 e. The minimum atomic E-state index is 0.195. The normalized spacial score (nSPS) is 11.0. The first kappa shape index (κ1) is 13.2. The van der Waals surface area contributed by atoms with E-state index in [1.165, 1.54) is 0 Å². The Bertz CT molecular complexity index is 767. The standard InChI is InChI=1S/C18H15NO2/c20-18-11-10-15-8-4-5-9-16(15)17(18)12-19-21-13-14-6-2-1-3-7-14/h1-12,20H,13H2. The monoisotopic (exact) mass is 277 g/mol. The highest BCUT2D eigenvalue weighted by atomic mass is 16.6. The number of aromatic hydroxyl groups is 1. The molecule has 0 radical (unpaired) electrons. The SMILES string of the molecule is Oc1ccc2ccccc2c1C=NOCc1ccccc1. The van der Waals surface area contributed by atoms with Crippen molar-refractivity contribution in [2.24, 2.45) is 5.16 Å². The first-order chi connectivity index (χ1) is 10.3. The molecular formula is C18H15NO2. The van der Waals surface area contributed by atoms with Crippen molar-refractivity contribution in [3.05, 3.63) is 77.9 Å². The van der Waals surface area contributed by atoms with Crippen molar-refractivity contribution >= 4 is 17.0 Å². The summed E-state index contributed by atoms with van der Waals surface area (Å²) in [6.07, 6.45) is 1.56. The molecule has 3 nitrogen and oxygen atoms in total. The summed E-state index contributed by atoms with van der Waals surface area (Å²) < 4.78 is 0. The maximum atomic E-state index is 9.98. The van der Waals surface area contributed by atoms with Crippen molar-refractivity contribution in [1.29, 1.82) is 0 Å². The van der Waals surface area contributed by atoms with E-state index in [0.29, 0.717) is 12.2 Å². The Morgan fingerprint density at radius 2 is 1.67 bits per heavy atom. The van der Waals surface area contributed by atoms with Gasteiger partial charge in [0.05, 0.1) is 6.21 Å². The van der Waals surface area contributed by atoms with E-state index >= 15 is 0 Å². The van der Waals surface area contributed by atoms with Crippen molar-refractivity contribution < 1.29 is 9.94 Å². The molecule has 0 saturated heterocycles. The lowest BCUT2D eigenvalue weighted by Gasteiger charge is -2.04. The topological polar surface area (TPSA) is 41.8 Å². The number of benzene rings is 3. The highest BCUT2D eigenvalue weighted by Gasteiger charge is 2.04. The van der Waals surface area contributed by atoms with Crippen LogP contribution in [-0.4, -0.2) is 11.3 Å². The van der Waals surface area contributed by atoms with Crippen molar-refractivity contribution in [3.8, 4) is 5.75 Å². The molecule has 0 amide bonds. The Morgan fingerprint density at radius 1 is 0.905 bits per heavy atom. The first-order valence-corrected chi connectivity index (χ1v) is 6.74. The molecule has 0 fully saturated rings. The van der Waals surface area contributed by atoms with E-state index < -0.39 is 0 Å². The summed E-state index contributed by atoms with van der Waals surface area (Å²) in [5, 5.41) is 15.9. The summed E-state index contributed by atoms with van der Waals surface area (Å²) in [5.74, 6) is 0.195. The fourth-order valence-corrected chi connectivity index (χ4v) is 2.20. The molecule has 0 aliphatic rings. The largest absolute Gasteiger partial charge is 0.507 e. The van der Waals surface area contributed by atoms with E-state index in [4.69, 9.17) is 4.84 Å². The van der Waals surface area contributed by atoms with Crippen LogP contribution < -0.4 is 0 Å². The molecule has 21 heavy (non-hydrogen) atoms. The second-order valence-corrected chi connectivity index (χ2v) is 4.71. The van der Waals surface area contributed by atoms with Crippen LogP contribution in [0.3, 0.4) is 0 Å². The molecule has 0 aliphatic carbocycles. The third kappa shape index (κ3) is 3.03. The molecule has 0 atom stereocenters. The molecular weight excluding hydrogens is 262 g/mol. The molecule has 0 heterocycles. The van der Waals surface area contributed by atoms with Gasteiger partial charge in [0.1, 0.15) is 12.4 Å². The molecule has 0 bridgehead atoms. The van der Waals surface area contributed by atoms with Crippen LogP contribution in [0.1, 0.15) is 11.1 Å². The van der Waals surface area contributed by atoms with Gasteiger partial charge in [0.15, 0.2) is 0 Å². The summed E-state index contributed by atoms with van der Waals surface area (Å²) in [5.41, 5.74) is 1.72. The van der Waals surface area contributed by atoms with Crippen LogP contribution >= 0.6 is 0 Å². The summed E-state index contributed by atoms with van der Waals surface area (Å²) >= 11 is 0. The van der Waals surface area contributed by atoms with Gasteiger partial charge in [0.25, 0.3) is 0 Å². The van der Waals surface area contributed by atoms with E-state index in [9.17, 15) is 5.11 Å². The second kappa shape index (κ2) is 6.09. The van der Waals surface area contributed by atoms with E-state index in [0.717, 1.165) is 16.3 Å². The van der Waals surface area contributed by atoms with Gasteiger partial charge in [-0.2, -0.15) is 0 Å². The first-order valence-electron chi connectivity index (χ1n) is 6.74. The van der Waals surface area contributed by atoms with Gasteiger partial charge < -0.3 is 9.94 Å². The minimum Gasteiger partial charge on any atom is -0.507 e. The zero-order chi connectivity index (χ0) is 14.5. The number of fused-ring (bicyclic) bond motifs is 1. The van der Waals surface area contributed by atoms with Gasteiger partial charge in [-0.3, -0.25) is 0 Å². The molecule has 1 N–H and O–H groups in total. The molecule has 0 unspecified atom stereocenters. The van der Waals surface area contributed by atoms with Crippen LogP contribution in [0, 0.1) is 0 Å². The Balaban J connectivity index is 1.78. The fraction of sp³-hybridized carbons (Fsp3) is 0.0556. The van der Waals surface area contributed by atoms with E-state index in [1.807, 2.05) is 60.7 Å². The summed E-state index contributed by atoms with van der Waals surface area (Å²) in [4.78, 5) is 5.29. The number of hydrogen-bond donors (Lipinski definition) is 1. The van der Waals surface area contributed by atoms with Crippen LogP contribution in [0.4, 0.5) is 0 Å². The Hall–Kier alpha value is -2.81. The number of phenolic OH excluding ortho intramolecular Hbond substituents is 1. The Kier molecular flexibility index (Phi) is 3.83. The van der Waals surface area contributed by atoms with Gasteiger partial charge in [0, 0.05) is 5.56 Å². The minimum absolute atomic E-state index is 0.195. The smallest absolute Gasteiger partial charge is 0.142 e. The molecule has 3 rings (SSSR count). The summed E-state index contributed by atoms with van der Waals surface area (Å²) in [6, 6.07) is 21.2. The van der Waals surface area contributed by atoms with Crippen molar-refractivity contribution in [2.75, 3.05) is 0 Å². The number of hydrogen-bond acceptors (Lipinski definition) is 3. The maximum absolute atomic E-state index is 9.98. The predicted molar refractivity (Wildman–Crippen MR) is 84.4 cm³/mol. The lowest BCUT2D eigenvalue weighted by molar-refractivity contribution is 0.132. The van der Waals surface area contributed by atoms with E-state index in [-0.39, 0.29) is 5.75 Å². The average Bonchev–Trinajstić information content (AvgIpc) is 2.54. The van der Waals surface area contributed by atoms with Gasteiger partial charge in [-0.25, -0.2) is 0 Å². The summed E-state index contributed by atoms with van der Waals surface area (Å²) in [7, 11) is 0. The van der Waals surface area contributed by atoms with Gasteiger partial charge >= 0.3 is 0 Å². The summed E-state index contributed by atoms with van der Waals surface area (Å²) in [6.45, 7) is 0.406. The number of oxime groups is 1. The van der Waals surface area contributed by atoms with Crippen LogP contribution in [0.25, 0.3) is 10.8 Å². The molecule has 0 spiro atoms. The van der Waals surface area contributed by atoms with E-state index in [1.54, 1.807) is 12.3 Å². The number of nitrogens with zero attached hydrogens (tertiary/aromatic N) is 1. The zero-order valence-corrected chi connectivity index (χ0v) is 11.4. The number of phenols is 1. The molecule has 0 saturated carbocycles.